The molecule has 0 amide bonds. The minimum atomic E-state index is -0.633. The maximum absolute atomic E-state index is 13.2. The van der Waals surface area contributed by atoms with Gasteiger partial charge in [0, 0.05) is 24.2 Å². The van der Waals surface area contributed by atoms with Gasteiger partial charge in [-0.15, -0.1) is 0 Å². The van der Waals surface area contributed by atoms with Crippen LogP contribution in [-0.4, -0.2) is 50.8 Å². The third-order valence-corrected chi connectivity index (χ3v) is 5.89. The maximum atomic E-state index is 13.2. The van der Waals surface area contributed by atoms with E-state index in [1.54, 1.807) is 17.7 Å². The predicted molar refractivity (Wildman–Crippen MR) is 105 cm³/mol. The van der Waals surface area contributed by atoms with Gasteiger partial charge in [-0.25, -0.2) is 4.98 Å². The first kappa shape index (κ1) is 19.0. The molecule has 2 atom stereocenters. The number of hydrogen-bond acceptors (Lipinski definition) is 7. The van der Waals surface area contributed by atoms with Gasteiger partial charge in [-0.1, -0.05) is 12.8 Å². The molecule has 150 valence electrons. The zero-order valence-corrected chi connectivity index (χ0v) is 16.3. The second-order valence-corrected chi connectivity index (χ2v) is 7.78. The SMILES string of the molecule is CC(=O)c1c(C)c2cnc(NC3CCOCC3O)nc2n(C2CCCC2)c1=O. The van der Waals surface area contributed by atoms with Crippen LogP contribution in [0.4, 0.5) is 5.95 Å². The number of fused-ring (bicyclic) bond motifs is 1. The highest BCUT2D eigenvalue weighted by Crippen LogP contribution is 2.32. The van der Waals surface area contributed by atoms with Gasteiger partial charge in [0.1, 0.15) is 5.65 Å². The number of anilines is 1. The average Bonchev–Trinajstić information content (AvgIpc) is 3.17. The van der Waals surface area contributed by atoms with Crippen molar-refractivity contribution in [3.05, 3.63) is 27.7 Å². The Labute approximate surface area is 162 Å². The summed E-state index contributed by atoms with van der Waals surface area (Å²) in [6.07, 6.45) is 5.62. The zero-order chi connectivity index (χ0) is 19.8. The summed E-state index contributed by atoms with van der Waals surface area (Å²) in [6.45, 7) is 4.05. The van der Waals surface area contributed by atoms with Crippen molar-refractivity contribution >= 4 is 22.8 Å². The second kappa shape index (κ2) is 7.60. The number of pyridine rings is 1. The smallest absolute Gasteiger partial charge is 0.263 e. The lowest BCUT2D eigenvalue weighted by Gasteiger charge is -2.28. The summed E-state index contributed by atoms with van der Waals surface area (Å²) < 4.78 is 6.96. The molecule has 8 heteroatoms. The first-order chi connectivity index (χ1) is 13.5. The summed E-state index contributed by atoms with van der Waals surface area (Å²) in [5, 5.41) is 14.0. The van der Waals surface area contributed by atoms with Crippen LogP contribution in [0, 0.1) is 6.92 Å². The van der Waals surface area contributed by atoms with Crippen LogP contribution in [0.5, 0.6) is 0 Å². The molecule has 2 N–H and O–H groups in total. The Kier molecular flexibility index (Phi) is 5.16. The van der Waals surface area contributed by atoms with E-state index in [1.165, 1.54) is 6.92 Å². The Hall–Kier alpha value is -2.32. The fraction of sp³-hybridized carbons (Fsp3) is 0.600. The first-order valence-corrected chi connectivity index (χ1v) is 9.92. The quantitative estimate of drug-likeness (QED) is 0.774. The first-order valence-electron chi connectivity index (χ1n) is 9.92. The molecule has 1 saturated heterocycles. The van der Waals surface area contributed by atoms with Crippen LogP contribution in [-0.2, 0) is 4.74 Å². The molecule has 2 unspecified atom stereocenters. The predicted octanol–water partition coefficient (Wildman–Crippen LogP) is 1.98. The molecule has 2 aromatic rings. The van der Waals surface area contributed by atoms with Crippen molar-refractivity contribution in [2.45, 2.75) is 64.1 Å². The molecule has 0 spiro atoms. The van der Waals surface area contributed by atoms with Crippen LogP contribution in [0.2, 0.25) is 0 Å². The van der Waals surface area contributed by atoms with Gasteiger partial charge in [0.15, 0.2) is 5.78 Å². The van der Waals surface area contributed by atoms with Crippen LogP contribution in [0.1, 0.15) is 61.0 Å². The molecule has 3 heterocycles. The molecule has 2 aromatic heterocycles. The van der Waals surface area contributed by atoms with Gasteiger partial charge < -0.3 is 15.2 Å². The van der Waals surface area contributed by atoms with Crippen LogP contribution >= 0.6 is 0 Å². The molecular weight excluding hydrogens is 360 g/mol. The molecular formula is C20H26N4O4. The van der Waals surface area contributed by atoms with Crippen molar-refractivity contribution < 1.29 is 14.6 Å². The van der Waals surface area contributed by atoms with E-state index >= 15 is 0 Å². The molecule has 2 aliphatic rings. The van der Waals surface area contributed by atoms with Crippen LogP contribution in [0.25, 0.3) is 11.0 Å². The second-order valence-electron chi connectivity index (χ2n) is 7.78. The van der Waals surface area contributed by atoms with E-state index in [1.807, 2.05) is 0 Å². The maximum Gasteiger partial charge on any atom is 0.263 e. The summed E-state index contributed by atoms with van der Waals surface area (Å²) in [5.74, 6) is 0.142. The van der Waals surface area contributed by atoms with Gasteiger partial charge in [0.25, 0.3) is 5.56 Å². The number of rotatable bonds is 4. The summed E-state index contributed by atoms with van der Waals surface area (Å²) in [6, 6.07) is -0.152. The molecule has 0 radical (unpaired) electrons. The number of aliphatic hydroxyl groups is 1. The number of hydrogen-bond donors (Lipinski definition) is 2. The van der Waals surface area contributed by atoms with E-state index in [9.17, 15) is 14.7 Å². The van der Waals surface area contributed by atoms with Crippen molar-refractivity contribution in [3.8, 4) is 0 Å². The molecule has 1 aliphatic carbocycles. The fourth-order valence-corrected chi connectivity index (χ4v) is 4.38. The zero-order valence-electron chi connectivity index (χ0n) is 16.3. The van der Waals surface area contributed by atoms with Crippen LogP contribution in [0.15, 0.2) is 11.0 Å². The normalized spacial score (nSPS) is 23.2. The van der Waals surface area contributed by atoms with E-state index in [0.717, 1.165) is 31.1 Å². The lowest BCUT2D eigenvalue weighted by molar-refractivity contribution is -0.0136. The number of nitrogens with zero attached hydrogens (tertiary/aromatic N) is 3. The van der Waals surface area contributed by atoms with Crippen molar-refractivity contribution in [2.75, 3.05) is 18.5 Å². The molecule has 28 heavy (non-hydrogen) atoms. The Bertz CT molecular complexity index is 965. The van der Waals surface area contributed by atoms with E-state index in [0.29, 0.717) is 30.2 Å². The minimum Gasteiger partial charge on any atom is -0.389 e. The summed E-state index contributed by atoms with van der Waals surface area (Å²) in [4.78, 5) is 34.4. The van der Waals surface area contributed by atoms with Gasteiger partial charge in [-0.2, -0.15) is 4.98 Å². The highest BCUT2D eigenvalue weighted by molar-refractivity contribution is 5.99. The highest BCUT2D eigenvalue weighted by Gasteiger charge is 2.27. The fourth-order valence-electron chi connectivity index (χ4n) is 4.38. The van der Waals surface area contributed by atoms with Crippen LogP contribution in [0.3, 0.4) is 0 Å². The van der Waals surface area contributed by atoms with Gasteiger partial charge in [0.2, 0.25) is 5.95 Å². The standard InChI is InChI=1S/C20H26N4O4/c1-11-14-9-21-20(22-15-7-8-28-10-16(15)26)23-18(14)24(13-5-3-4-6-13)19(27)17(11)12(2)25/h9,13,15-16,26H,3-8,10H2,1-2H3,(H,21,22,23). The van der Waals surface area contributed by atoms with E-state index in [2.05, 4.69) is 15.3 Å². The summed E-state index contributed by atoms with van der Waals surface area (Å²) >= 11 is 0. The van der Waals surface area contributed by atoms with Gasteiger partial charge in [-0.05, 0) is 38.7 Å². The number of aromatic nitrogens is 3. The number of ether oxygens (including phenoxy) is 1. The summed E-state index contributed by atoms with van der Waals surface area (Å²) in [5.41, 5.74) is 1.14. The molecule has 0 bridgehead atoms. The summed E-state index contributed by atoms with van der Waals surface area (Å²) in [7, 11) is 0. The number of carbonyl (C=O) groups excluding carboxylic acids is 1. The number of aryl methyl sites for hydroxylation is 1. The molecule has 1 aliphatic heterocycles. The number of aliphatic hydroxyl groups excluding tert-OH is 1. The Balaban J connectivity index is 1.84. The van der Waals surface area contributed by atoms with Crippen molar-refractivity contribution in [2.24, 2.45) is 0 Å². The average molecular weight is 386 g/mol. The minimum absolute atomic E-state index is 0.0464. The van der Waals surface area contributed by atoms with E-state index in [-0.39, 0.29) is 35.6 Å². The Morgan fingerprint density at radius 3 is 2.75 bits per heavy atom. The molecule has 0 aromatic carbocycles. The highest BCUT2D eigenvalue weighted by atomic mass is 16.5. The van der Waals surface area contributed by atoms with E-state index < -0.39 is 6.10 Å². The number of carbonyl (C=O) groups is 1. The lowest BCUT2D eigenvalue weighted by Crippen LogP contribution is -2.42. The number of nitrogens with one attached hydrogen (secondary N) is 1. The lowest BCUT2D eigenvalue weighted by atomic mass is 10.0. The third kappa shape index (κ3) is 3.31. The van der Waals surface area contributed by atoms with Gasteiger partial charge >= 0.3 is 0 Å². The van der Waals surface area contributed by atoms with Crippen molar-refractivity contribution in [3.63, 3.8) is 0 Å². The van der Waals surface area contributed by atoms with Gasteiger partial charge in [0.05, 0.1) is 24.3 Å². The Morgan fingerprint density at radius 1 is 1.32 bits per heavy atom. The third-order valence-electron chi connectivity index (χ3n) is 5.89. The molecule has 1 saturated carbocycles. The largest absolute Gasteiger partial charge is 0.389 e. The topological polar surface area (TPSA) is 106 Å². The van der Waals surface area contributed by atoms with Gasteiger partial charge in [-0.3, -0.25) is 14.2 Å². The number of ketones is 1. The van der Waals surface area contributed by atoms with Crippen LogP contribution < -0.4 is 10.9 Å². The van der Waals surface area contributed by atoms with Crippen molar-refractivity contribution in [1.82, 2.24) is 14.5 Å². The Morgan fingerprint density at radius 2 is 2.07 bits per heavy atom. The van der Waals surface area contributed by atoms with Crippen molar-refractivity contribution in [1.29, 1.82) is 0 Å². The molecule has 4 rings (SSSR count). The molecule has 2 fully saturated rings. The monoisotopic (exact) mass is 386 g/mol. The van der Waals surface area contributed by atoms with E-state index in [4.69, 9.17) is 4.74 Å². The number of Topliss-reactive ketones (excluding diaryl/α,β-unsaturated/α-hetero) is 1. The molecule has 8 nitrogen and oxygen atoms in total.